The number of hydrogen-bond donors (Lipinski definition) is 1. The third-order valence-electron chi connectivity index (χ3n) is 7.07. The Morgan fingerprint density at radius 1 is 1.18 bits per heavy atom. The standard InChI is InChI=1S/C25H32F2N6O/c1-15(2)33-22-7-9-31(16(3)34)14-21(22)25(29-33)32-8-5-6-17-10-19(18-12-28-30(4)13-18)20(24(26)27)11-23(17)32/h10-11,13,15,24,28H,5-9,12,14H2,1-4H3. The van der Waals surface area contributed by atoms with Crippen molar-refractivity contribution in [2.75, 3.05) is 31.6 Å². The first kappa shape index (κ1) is 22.8. The number of alkyl halides is 2. The van der Waals surface area contributed by atoms with Crippen LogP contribution in [0.25, 0.3) is 5.57 Å². The predicted octanol–water partition coefficient (Wildman–Crippen LogP) is 4.18. The Labute approximate surface area is 199 Å². The van der Waals surface area contributed by atoms with Gasteiger partial charge in [0.2, 0.25) is 5.91 Å². The van der Waals surface area contributed by atoms with E-state index in [1.165, 1.54) is 0 Å². The lowest BCUT2D eigenvalue weighted by molar-refractivity contribution is -0.129. The highest BCUT2D eigenvalue weighted by molar-refractivity contribution is 5.78. The molecule has 34 heavy (non-hydrogen) atoms. The Morgan fingerprint density at radius 2 is 1.97 bits per heavy atom. The first-order valence-electron chi connectivity index (χ1n) is 12.0. The van der Waals surface area contributed by atoms with Gasteiger partial charge in [-0.25, -0.2) is 14.2 Å². The second kappa shape index (κ2) is 8.69. The zero-order chi connectivity index (χ0) is 24.1. The number of benzene rings is 1. The van der Waals surface area contributed by atoms with E-state index in [0.717, 1.165) is 53.2 Å². The molecule has 5 rings (SSSR count). The van der Waals surface area contributed by atoms with E-state index in [0.29, 0.717) is 31.7 Å². The molecule has 0 fully saturated rings. The number of aromatic nitrogens is 2. The molecule has 9 heteroatoms. The number of aryl methyl sites for hydroxylation is 1. The molecule has 0 bridgehead atoms. The molecule has 1 aromatic carbocycles. The molecular formula is C25H32F2N6O. The number of fused-ring (bicyclic) bond motifs is 2. The first-order chi connectivity index (χ1) is 16.2. The quantitative estimate of drug-likeness (QED) is 0.727. The minimum absolute atomic E-state index is 0.0426. The van der Waals surface area contributed by atoms with Gasteiger partial charge in [0.1, 0.15) is 0 Å². The van der Waals surface area contributed by atoms with Gasteiger partial charge < -0.3 is 14.8 Å². The van der Waals surface area contributed by atoms with Crippen molar-refractivity contribution in [1.82, 2.24) is 25.1 Å². The number of hydrazine groups is 1. The molecule has 0 saturated carbocycles. The van der Waals surface area contributed by atoms with Gasteiger partial charge >= 0.3 is 0 Å². The molecule has 3 aliphatic heterocycles. The second-order valence-corrected chi connectivity index (χ2v) is 9.70. The van der Waals surface area contributed by atoms with Crippen molar-refractivity contribution in [3.63, 3.8) is 0 Å². The van der Waals surface area contributed by atoms with Crippen LogP contribution in [-0.4, -0.2) is 52.3 Å². The molecule has 0 atom stereocenters. The molecule has 1 aromatic heterocycles. The number of amides is 1. The summed E-state index contributed by atoms with van der Waals surface area (Å²) in [6.07, 6.45) is 1.80. The van der Waals surface area contributed by atoms with Gasteiger partial charge in [0.05, 0.1) is 6.54 Å². The summed E-state index contributed by atoms with van der Waals surface area (Å²) in [4.78, 5) is 16.1. The molecule has 2 aromatic rings. The third-order valence-corrected chi connectivity index (χ3v) is 7.07. The molecule has 1 amide bonds. The van der Waals surface area contributed by atoms with E-state index in [-0.39, 0.29) is 17.5 Å². The number of hydrogen-bond acceptors (Lipinski definition) is 5. The van der Waals surface area contributed by atoms with Gasteiger partial charge in [-0.1, -0.05) is 0 Å². The molecule has 4 heterocycles. The van der Waals surface area contributed by atoms with Crippen LogP contribution >= 0.6 is 0 Å². The van der Waals surface area contributed by atoms with Crippen LogP contribution in [0.2, 0.25) is 0 Å². The van der Waals surface area contributed by atoms with Crippen molar-refractivity contribution in [2.24, 2.45) is 0 Å². The Kier molecular flexibility index (Phi) is 5.83. The van der Waals surface area contributed by atoms with Crippen molar-refractivity contribution in [1.29, 1.82) is 0 Å². The maximum Gasteiger partial charge on any atom is 0.264 e. The Balaban J connectivity index is 1.63. The summed E-state index contributed by atoms with van der Waals surface area (Å²) in [5.74, 6) is 0.839. The van der Waals surface area contributed by atoms with Gasteiger partial charge in [0.15, 0.2) is 5.82 Å². The number of carbonyl (C=O) groups excluding carboxylic acids is 1. The van der Waals surface area contributed by atoms with Gasteiger partial charge in [-0.3, -0.25) is 9.48 Å². The summed E-state index contributed by atoms with van der Waals surface area (Å²) < 4.78 is 30.6. The van der Waals surface area contributed by atoms with E-state index in [2.05, 4.69) is 24.2 Å². The molecule has 182 valence electrons. The summed E-state index contributed by atoms with van der Waals surface area (Å²) in [6, 6.07) is 3.79. The fourth-order valence-corrected chi connectivity index (χ4v) is 5.37. The van der Waals surface area contributed by atoms with E-state index in [1.54, 1.807) is 13.0 Å². The lowest BCUT2D eigenvalue weighted by Gasteiger charge is -2.33. The fourth-order valence-electron chi connectivity index (χ4n) is 5.37. The van der Waals surface area contributed by atoms with E-state index < -0.39 is 6.43 Å². The predicted molar refractivity (Wildman–Crippen MR) is 128 cm³/mol. The number of carbonyl (C=O) groups is 1. The SMILES string of the molecule is CC(=O)N1CCc2c(c(N3CCCc4cc(C5=CN(C)NC5)c(C(F)F)cc43)nn2C(C)C)C1. The first-order valence-corrected chi connectivity index (χ1v) is 12.0. The summed E-state index contributed by atoms with van der Waals surface area (Å²) in [5, 5.41) is 6.79. The van der Waals surface area contributed by atoms with Crippen LogP contribution in [0.15, 0.2) is 18.3 Å². The number of halogens is 2. The van der Waals surface area contributed by atoms with E-state index in [4.69, 9.17) is 5.10 Å². The fraction of sp³-hybridized carbons (Fsp3) is 0.520. The molecular weight excluding hydrogens is 438 g/mol. The van der Waals surface area contributed by atoms with Gasteiger partial charge in [-0.15, -0.1) is 0 Å². The molecule has 0 aliphatic carbocycles. The van der Waals surface area contributed by atoms with Crippen LogP contribution in [0.4, 0.5) is 20.3 Å². The summed E-state index contributed by atoms with van der Waals surface area (Å²) in [5.41, 5.74) is 8.74. The van der Waals surface area contributed by atoms with Crippen molar-refractivity contribution < 1.29 is 13.6 Å². The summed E-state index contributed by atoms with van der Waals surface area (Å²) >= 11 is 0. The van der Waals surface area contributed by atoms with E-state index in [9.17, 15) is 13.6 Å². The molecule has 3 aliphatic rings. The minimum Gasteiger partial charge on any atom is -0.338 e. The summed E-state index contributed by atoms with van der Waals surface area (Å²) in [7, 11) is 1.87. The molecule has 0 unspecified atom stereocenters. The highest BCUT2D eigenvalue weighted by atomic mass is 19.3. The van der Waals surface area contributed by atoms with Crippen molar-refractivity contribution >= 4 is 23.0 Å². The molecule has 7 nitrogen and oxygen atoms in total. The van der Waals surface area contributed by atoms with Crippen molar-refractivity contribution in [3.05, 3.63) is 46.3 Å². The van der Waals surface area contributed by atoms with Crippen LogP contribution in [0.3, 0.4) is 0 Å². The van der Waals surface area contributed by atoms with Gasteiger partial charge in [-0.2, -0.15) is 5.10 Å². The molecule has 1 N–H and O–H groups in total. The van der Waals surface area contributed by atoms with Crippen LogP contribution < -0.4 is 10.3 Å². The lowest BCUT2D eigenvalue weighted by atomic mass is 9.92. The van der Waals surface area contributed by atoms with Crippen LogP contribution in [0, 0.1) is 0 Å². The van der Waals surface area contributed by atoms with Gasteiger partial charge in [-0.05, 0) is 55.5 Å². The maximum absolute atomic E-state index is 14.3. The number of rotatable bonds is 4. The summed E-state index contributed by atoms with van der Waals surface area (Å²) in [6.45, 7) is 8.21. The Morgan fingerprint density at radius 3 is 2.62 bits per heavy atom. The van der Waals surface area contributed by atoms with Crippen molar-refractivity contribution in [3.8, 4) is 0 Å². The Bertz CT molecular complexity index is 1150. The maximum atomic E-state index is 14.3. The highest BCUT2D eigenvalue weighted by Crippen LogP contribution is 2.42. The highest BCUT2D eigenvalue weighted by Gasteiger charge is 2.33. The number of anilines is 2. The molecule has 0 spiro atoms. The van der Waals surface area contributed by atoms with E-state index in [1.807, 2.05) is 33.9 Å². The average Bonchev–Trinajstić information content (AvgIpc) is 3.41. The minimum atomic E-state index is -2.58. The second-order valence-electron chi connectivity index (χ2n) is 9.70. The van der Waals surface area contributed by atoms with Crippen molar-refractivity contribution in [2.45, 2.75) is 59.0 Å². The zero-order valence-electron chi connectivity index (χ0n) is 20.2. The van der Waals surface area contributed by atoms with Crippen LogP contribution in [0.1, 0.15) is 67.6 Å². The number of nitrogens with one attached hydrogen (secondary N) is 1. The van der Waals surface area contributed by atoms with Crippen LogP contribution in [0.5, 0.6) is 0 Å². The monoisotopic (exact) mass is 470 g/mol. The molecule has 0 saturated heterocycles. The third kappa shape index (κ3) is 3.85. The van der Waals surface area contributed by atoms with Crippen LogP contribution in [-0.2, 0) is 24.2 Å². The number of nitrogens with zero attached hydrogens (tertiary/aromatic N) is 5. The topological polar surface area (TPSA) is 56.6 Å². The van der Waals surface area contributed by atoms with Gasteiger partial charge in [0, 0.05) is 74.8 Å². The normalized spacial score (nSPS) is 18.0. The smallest absolute Gasteiger partial charge is 0.264 e. The van der Waals surface area contributed by atoms with E-state index >= 15 is 0 Å². The zero-order valence-corrected chi connectivity index (χ0v) is 20.2. The van der Waals surface area contributed by atoms with Gasteiger partial charge in [0.25, 0.3) is 6.43 Å². The molecule has 0 radical (unpaired) electrons. The largest absolute Gasteiger partial charge is 0.338 e. The lowest BCUT2D eigenvalue weighted by Crippen LogP contribution is -2.35. The average molecular weight is 471 g/mol. The Hall–Kier alpha value is -2.94.